The Balaban J connectivity index is 2.23. The standard InChI is InChI=1S/C11H10ClNO2/c12-10-2-1-3-11-9(10)6-8(13-11)4-5-15-7-14/h1-3,6-7,13H,4-5H2. The molecule has 2 rings (SSSR count). The highest BCUT2D eigenvalue weighted by atomic mass is 35.5. The zero-order valence-electron chi connectivity index (χ0n) is 8.00. The van der Waals surface area contributed by atoms with Gasteiger partial charge in [-0.2, -0.15) is 0 Å². The summed E-state index contributed by atoms with van der Waals surface area (Å²) in [5.74, 6) is 0. The average molecular weight is 224 g/mol. The third-order valence-corrected chi connectivity index (χ3v) is 2.55. The molecule has 0 radical (unpaired) electrons. The van der Waals surface area contributed by atoms with Crippen LogP contribution in [0.15, 0.2) is 24.3 Å². The fourth-order valence-corrected chi connectivity index (χ4v) is 1.76. The van der Waals surface area contributed by atoms with Gasteiger partial charge in [0, 0.05) is 28.0 Å². The number of ether oxygens (including phenoxy) is 1. The number of carbonyl (C=O) groups excluding carboxylic acids is 1. The first-order chi connectivity index (χ1) is 7.31. The summed E-state index contributed by atoms with van der Waals surface area (Å²) >= 11 is 6.02. The van der Waals surface area contributed by atoms with Crippen LogP contribution in [0.25, 0.3) is 10.9 Å². The van der Waals surface area contributed by atoms with Gasteiger partial charge in [0.25, 0.3) is 6.47 Å². The molecule has 0 unspecified atom stereocenters. The minimum Gasteiger partial charge on any atom is -0.467 e. The minimum atomic E-state index is 0.383. The first kappa shape index (κ1) is 10.1. The number of H-pyrrole nitrogens is 1. The molecule has 15 heavy (non-hydrogen) atoms. The smallest absolute Gasteiger partial charge is 0.293 e. The van der Waals surface area contributed by atoms with Crippen molar-refractivity contribution in [2.24, 2.45) is 0 Å². The van der Waals surface area contributed by atoms with Gasteiger partial charge in [-0.1, -0.05) is 17.7 Å². The van der Waals surface area contributed by atoms with Gasteiger partial charge < -0.3 is 9.72 Å². The molecule has 0 aliphatic carbocycles. The third-order valence-electron chi connectivity index (χ3n) is 2.22. The van der Waals surface area contributed by atoms with Gasteiger partial charge in [-0.05, 0) is 18.2 Å². The van der Waals surface area contributed by atoms with E-state index in [1.165, 1.54) is 0 Å². The average Bonchev–Trinajstić information content (AvgIpc) is 2.63. The van der Waals surface area contributed by atoms with Crippen LogP contribution in [-0.4, -0.2) is 18.1 Å². The van der Waals surface area contributed by atoms with Gasteiger partial charge in [-0.3, -0.25) is 4.79 Å². The summed E-state index contributed by atoms with van der Waals surface area (Å²) in [5, 5.41) is 1.73. The number of carbonyl (C=O) groups is 1. The fraction of sp³-hybridized carbons (Fsp3) is 0.182. The quantitative estimate of drug-likeness (QED) is 0.639. The Labute approximate surface area is 92.0 Å². The predicted octanol–water partition coefficient (Wildman–Crippen LogP) is 2.54. The Kier molecular flexibility index (Phi) is 2.92. The van der Waals surface area contributed by atoms with Crippen LogP contribution in [0, 0.1) is 0 Å². The molecule has 78 valence electrons. The van der Waals surface area contributed by atoms with Gasteiger partial charge in [0.05, 0.1) is 6.61 Å². The Bertz CT molecular complexity index is 478. The lowest BCUT2D eigenvalue weighted by Gasteiger charge is -1.94. The normalized spacial score (nSPS) is 10.5. The Morgan fingerprint density at radius 3 is 3.07 bits per heavy atom. The lowest BCUT2D eigenvalue weighted by Crippen LogP contribution is -1.96. The largest absolute Gasteiger partial charge is 0.467 e. The summed E-state index contributed by atoms with van der Waals surface area (Å²) in [6, 6.07) is 7.69. The Hall–Kier alpha value is -1.48. The number of nitrogens with one attached hydrogen (secondary N) is 1. The Morgan fingerprint density at radius 2 is 2.33 bits per heavy atom. The minimum absolute atomic E-state index is 0.383. The van der Waals surface area contributed by atoms with Crippen molar-refractivity contribution in [2.75, 3.05) is 6.61 Å². The molecule has 0 fully saturated rings. The van der Waals surface area contributed by atoms with Gasteiger partial charge >= 0.3 is 0 Å². The van der Waals surface area contributed by atoms with Gasteiger partial charge in [0.1, 0.15) is 0 Å². The number of benzene rings is 1. The van der Waals surface area contributed by atoms with Crippen LogP contribution in [0.4, 0.5) is 0 Å². The van der Waals surface area contributed by atoms with Crippen molar-refractivity contribution < 1.29 is 9.53 Å². The molecule has 1 aromatic heterocycles. The summed E-state index contributed by atoms with van der Waals surface area (Å²) in [5.41, 5.74) is 2.02. The van der Waals surface area contributed by atoms with Crippen LogP contribution in [0.2, 0.25) is 5.02 Å². The number of aromatic nitrogens is 1. The van der Waals surface area contributed by atoms with E-state index in [-0.39, 0.29) is 0 Å². The molecule has 4 heteroatoms. The molecule has 3 nitrogen and oxygen atoms in total. The first-order valence-corrected chi connectivity index (χ1v) is 5.00. The number of hydrogen-bond acceptors (Lipinski definition) is 2. The number of rotatable bonds is 4. The second-order valence-corrected chi connectivity index (χ2v) is 3.62. The number of hydrogen-bond donors (Lipinski definition) is 1. The van der Waals surface area contributed by atoms with Crippen LogP contribution in [0.3, 0.4) is 0 Å². The molecule has 1 N–H and O–H groups in total. The zero-order valence-corrected chi connectivity index (χ0v) is 8.75. The monoisotopic (exact) mass is 223 g/mol. The molecule has 0 aliphatic heterocycles. The van der Waals surface area contributed by atoms with Crippen molar-refractivity contribution in [3.63, 3.8) is 0 Å². The van der Waals surface area contributed by atoms with E-state index in [2.05, 4.69) is 9.72 Å². The topological polar surface area (TPSA) is 42.1 Å². The molecule has 2 aromatic rings. The predicted molar refractivity (Wildman–Crippen MR) is 59.0 cm³/mol. The molecule has 1 heterocycles. The summed E-state index contributed by atoms with van der Waals surface area (Å²) in [6.07, 6.45) is 0.670. The van der Waals surface area contributed by atoms with Gasteiger partial charge in [0.2, 0.25) is 0 Å². The van der Waals surface area contributed by atoms with E-state index in [1.807, 2.05) is 24.3 Å². The zero-order chi connectivity index (χ0) is 10.7. The second kappa shape index (κ2) is 4.36. The molecule has 1 aromatic carbocycles. The van der Waals surface area contributed by atoms with Crippen molar-refractivity contribution in [1.82, 2.24) is 4.98 Å². The highest BCUT2D eigenvalue weighted by Gasteiger charge is 2.03. The van der Waals surface area contributed by atoms with Gasteiger partial charge in [-0.25, -0.2) is 0 Å². The summed E-state index contributed by atoms with van der Waals surface area (Å²) < 4.78 is 4.63. The maximum Gasteiger partial charge on any atom is 0.293 e. The van der Waals surface area contributed by atoms with Crippen molar-refractivity contribution in [3.05, 3.63) is 35.0 Å². The number of halogens is 1. The lowest BCUT2D eigenvalue weighted by atomic mass is 10.2. The van der Waals surface area contributed by atoms with E-state index in [1.54, 1.807) is 0 Å². The lowest BCUT2D eigenvalue weighted by molar-refractivity contribution is -0.128. The van der Waals surface area contributed by atoms with Crippen molar-refractivity contribution >= 4 is 29.0 Å². The molecule has 0 bridgehead atoms. The SMILES string of the molecule is O=COCCc1cc2c(Cl)cccc2[nH]1. The highest BCUT2D eigenvalue weighted by molar-refractivity contribution is 6.35. The van der Waals surface area contributed by atoms with Gasteiger partial charge in [-0.15, -0.1) is 0 Å². The summed E-state index contributed by atoms with van der Waals surface area (Å²) in [4.78, 5) is 13.2. The molecule has 0 spiro atoms. The molecular formula is C11H10ClNO2. The molecule has 0 amide bonds. The fourth-order valence-electron chi connectivity index (χ4n) is 1.53. The van der Waals surface area contributed by atoms with Crippen LogP contribution >= 0.6 is 11.6 Å². The van der Waals surface area contributed by atoms with E-state index >= 15 is 0 Å². The van der Waals surface area contributed by atoms with E-state index in [0.717, 1.165) is 21.6 Å². The van der Waals surface area contributed by atoms with Crippen molar-refractivity contribution in [1.29, 1.82) is 0 Å². The van der Waals surface area contributed by atoms with Crippen LogP contribution in [0.5, 0.6) is 0 Å². The molecular weight excluding hydrogens is 214 g/mol. The number of fused-ring (bicyclic) bond motifs is 1. The number of aromatic amines is 1. The third kappa shape index (κ3) is 2.13. The van der Waals surface area contributed by atoms with Crippen molar-refractivity contribution in [3.8, 4) is 0 Å². The molecule has 0 saturated heterocycles. The first-order valence-electron chi connectivity index (χ1n) is 4.62. The summed E-state index contributed by atoms with van der Waals surface area (Å²) in [6.45, 7) is 0.837. The molecule has 0 atom stereocenters. The van der Waals surface area contributed by atoms with E-state index in [4.69, 9.17) is 11.6 Å². The summed E-state index contributed by atoms with van der Waals surface area (Å²) in [7, 11) is 0. The van der Waals surface area contributed by atoms with Gasteiger partial charge in [0.15, 0.2) is 0 Å². The highest BCUT2D eigenvalue weighted by Crippen LogP contribution is 2.23. The van der Waals surface area contributed by atoms with Crippen LogP contribution in [0.1, 0.15) is 5.69 Å². The van der Waals surface area contributed by atoms with Crippen molar-refractivity contribution in [2.45, 2.75) is 6.42 Å². The van der Waals surface area contributed by atoms with E-state index < -0.39 is 0 Å². The molecule has 0 aliphatic rings. The van der Waals surface area contributed by atoms with Crippen LogP contribution in [-0.2, 0) is 16.0 Å². The molecule has 0 saturated carbocycles. The van der Waals surface area contributed by atoms with E-state index in [0.29, 0.717) is 19.5 Å². The maximum absolute atomic E-state index is 9.97. The maximum atomic E-state index is 9.97. The van der Waals surface area contributed by atoms with Crippen LogP contribution < -0.4 is 0 Å². The Morgan fingerprint density at radius 1 is 1.47 bits per heavy atom. The van der Waals surface area contributed by atoms with E-state index in [9.17, 15) is 4.79 Å². The second-order valence-electron chi connectivity index (χ2n) is 3.21.